The first-order chi connectivity index (χ1) is 15.2. The van der Waals surface area contributed by atoms with Crippen LogP contribution < -0.4 is 14.4 Å². The zero-order valence-electron chi connectivity index (χ0n) is 16.8. The number of benzene rings is 2. The van der Waals surface area contributed by atoms with Gasteiger partial charge >= 0.3 is 0 Å². The van der Waals surface area contributed by atoms with Gasteiger partial charge in [-0.25, -0.2) is 9.88 Å². The highest BCUT2D eigenvalue weighted by Crippen LogP contribution is 2.38. The molecule has 158 valence electrons. The summed E-state index contributed by atoms with van der Waals surface area (Å²) in [5.41, 5.74) is 2.20. The Balaban J connectivity index is 1.16. The molecule has 3 aliphatic heterocycles. The minimum Gasteiger partial charge on any atom is -0.454 e. The molecule has 8 nitrogen and oxygen atoms in total. The van der Waals surface area contributed by atoms with Crippen LogP contribution in [0.15, 0.2) is 46.9 Å². The predicted octanol–water partition coefficient (Wildman–Crippen LogP) is 3.07. The molecule has 2 fully saturated rings. The molecule has 2 saturated heterocycles. The van der Waals surface area contributed by atoms with Crippen LogP contribution in [0.4, 0.5) is 5.69 Å². The number of oxazole rings is 1. The largest absolute Gasteiger partial charge is 0.454 e. The lowest BCUT2D eigenvalue weighted by Crippen LogP contribution is -2.45. The maximum Gasteiger partial charge on any atom is 0.251 e. The third-order valence-corrected chi connectivity index (χ3v) is 6.37. The van der Waals surface area contributed by atoms with E-state index in [1.807, 2.05) is 24.3 Å². The van der Waals surface area contributed by atoms with Crippen LogP contribution in [0, 0.1) is 0 Å². The van der Waals surface area contributed by atoms with Crippen molar-refractivity contribution in [1.82, 2.24) is 9.88 Å². The Labute approximate surface area is 178 Å². The van der Waals surface area contributed by atoms with Gasteiger partial charge in [-0.1, -0.05) is 12.1 Å². The van der Waals surface area contributed by atoms with Gasteiger partial charge in [-0.15, -0.1) is 0 Å². The molecule has 1 aromatic heterocycles. The van der Waals surface area contributed by atoms with Crippen LogP contribution >= 0.6 is 0 Å². The summed E-state index contributed by atoms with van der Waals surface area (Å²) >= 11 is 0. The number of imide groups is 1. The average molecular weight is 419 g/mol. The van der Waals surface area contributed by atoms with Crippen LogP contribution in [0.3, 0.4) is 0 Å². The third kappa shape index (κ3) is 3.06. The molecule has 0 N–H and O–H groups in total. The Morgan fingerprint density at radius 2 is 1.77 bits per heavy atom. The van der Waals surface area contributed by atoms with Crippen LogP contribution in [-0.2, 0) is 9.59 Å². The van der Waals surface area contributed by atoms with E-state index in [0.29, 0.717) is 17.2 Å². The number of para-hydroxylation sites is 2. The molecular weight excluding hydrogens is 398 g/mol. The molecule has 6 rings (SSSR count). The van der Waals surface area contributed by atoms with Crippen molar-refractivity contribution in [1.29, 1.82) is 0 Å². The standard InChI is InChI=1S/C23H21N3O5/c27-21-12-17(23(28)26(21)15-5-6-19-20(11-15)30-13-29-19)25-9-7-14(8-10-25)22-24-16-3-1-2-4-18(16)31-22/h1-6,11,14,17H,7-10,12-13H2/t17-/m0/s1. The first-order valence-electron chi connectivity index (χ1n) is 10.5. The maximum atomic E-state index is 13.1. The lowest BCUT2D eigenvalue weighted by Gasteiger charge is -2.33. The number of carbonyl (C=O) groups excluding carboxylic acids is 2. The zero-order valence-corrected chi connectivity index (χ0v) is 16.8. The molecule has 0 aliphatic carbocycles. The number of rotatable bonds is 3. The number of aromatic nitrogens is 1. The quantitative estimate of drug-likeness (QED) is 0.603. The number of likely N-dealkylation sites (tertiary alicyclic amines) is 1. The topological polar surface area (TPSA) is 85.1 Å². The van der Waals surface area contributed by atoms with E-state index in [1.165, 1.54) is 4.90 Å². The summed E-state index contributed by atoms with van der Waals surface area (Å²) in [7, 11) is 0. The van der Waals surface area contributed by atoms with Gasteiger partial charge in [0.25, 0.3) is 5.91 Å². The van der Waals surface area contributed by atoms with Crippen LogP contribution in [0.1, 0.15) is 31.1 Å². The van der Waals surface area contributed by atoms with Crippen LogP contribution in [0.2, 0.25) is 0 Å². The summed E-state index contributed by atoms with van der Waals surface area (Å²) in [6.45, 7) is 1.60. The molecule has 0 radical (unpaired) electrons. The normalized spacial score (nSPS) is 22.1. The van der Waals surface area contributed by atoms with Crippen molar-refractivity contribution in [3.63, 3.8) is 0 Å². The first kappa shape index (κ1) is 18.4. The summed E-state index contributed by atoms with van der Waals surface area (Å²) in [4.78, 5) is 33.9. The number of ether oxygens (including phenoxy) is 2. The number of hydrogen-bond acceptors (Lipinski definition) is 7. The van der Waals surface area contributed by atoms with Crippen molar-refractivity contribution in [3.05, 3.63) is 48.4 Å². The monoisotopic (exact) mass is 419 g/mol. The molecule has 0 bridgehead atoms. The van der Waals surface area contributed by atoms with Gasteiger partial charge in [0.05, 0.1) is 18.2 Å². The molecule has 4 heterocycles. The highest BCUT2D eigenvalue weighted by molar-refractivity contribution is 6.22. The van der Waals surface area contributed by atoms with Gasteiger partial charge in [0.1, 0.15) is 5.52 Å². The van der Waals surface area contributed by atoms with Gasteiger partial charge in [-0.3, -0.25) is 14.5 Å². The highest BCUT2D eigenvalue weighted by Gasteiger charge is 2.44. The van der Waals surface area contributed by atoms with Gasteiger partial charge in [-0.2, -0.15) is 0 Å². The molecule has 3 aliphatic rings. The maximum absolute atomic E-state index is 13.1. The van der Waals surface area contributed by atoms with E-state index in [4.69, 9.17) is 13.9 Å². The second-order valence-electron chi connectivity index (χ2n) is 8.15. The van der Waals surface area contributed by atoms with Crippen molar-refractivity contribution < 1.29 is 23.5 Å². The molecule has 31 heavy (non-hydrogen) atoms. The highest BCUT2D eigenvalue weighted by atomic mass is 16.7. The molecule has 0 unspecified atom stereocenters. The zero-order chi connectivity index (χ0) is 20.9. The van der Waals surface area contributed by atoms with Gasteiger partial charge in [0, 0.05) is 12.0 Å². The lowest BCUT2D eigenvalue weighted by molar-refractivity contribution is -0.123. The van der Waals surface area contributed by atoms with E-state index < -0.39 is 6.04 Å². The first-order valence-corrected chi connectivity index (χ1v) is 10.5. The molecule has 8 heteroatoms. The van der Waals surface area contributed by atoms with E-state index in [1.54, 1.807) is 18.2 Å². The molecule has 3 aromatic rings. The molecule has 1 atom stereocenters. The van der Waals surface area contributed by atoms with Crippen molar-refractivity contribution in [2.75, 3.05) is 24.8 Å². The molecule has 0 spiro atoms. The number of nitrogens with zero attached hydrogens (tertiary/aromatic N) is 3. The Bertz CT molecular complexity index is 1150. The summed E-state index contributed by atoms with van der Waals surface area (Å²) in [6, 6.07) is 12.5. The number of amides is 2. The summed E-state index contributed by atoms with van der Waals surface area (Å²) in [5.74, 6) is 1.80. The van der Waals surface area contributed by atoms with E-state index in [-0.39, 0.29) is 30.9 Å². The van der Waals surface area contributed by atoms with Crippen molar-refractivity contribution in [2.24, 2.45) is 0 Å². The van der Waals surface area contributed by atoms with Crippen LogP contribution in [0.5, 0.6) is 11.5 Å². The average Bonchev–Trinajstić information content (AvgIpc) is 3.50. The van der Waals surface area contributed by atoms with Gasteiger partial charge < -0.3 is 13.9 Å². The smallest absolute Gasteiger partial charge is 0.251 e. The van der Waals surface area contributed by atoms with E-state index >= 15 is 0 Å². The fourth-order valence-corrected chi connectivity index (χ4v) is 4.72. The SMILES string of the molecule is O=C1C[C@H](N2CCC(c3nc4ccccc4o3)CC2)C(=O)N1c1ccc2c(c1)OCO2. The van der Waals surface area contributed by atoms with E-state index in [2.05, 4.69) is 9.88 Å². The molecular formula is C23H21N3O5. The number of carbonyl (C=O) groups is 2. The summed E-state index contributed by atoms with van der Waals surface area (Å²) in [5, 5.41) is 0. The second-order valence-corrected chi connectivity index (χ2v) is 8.15. The Morgan fingerprint density at radius 1 is 0.968 bits per heavy atom. The number of fused-ring (bicyclic) bond motifs is 2. The number of piperidine rings is 1. The van der Waals surface area contributed by atoms with Crippen molar-refractivity contribution in [3.8, 4) is 11.5 Å². The fraction of sp³-hybridized carbons (Fsp3) is 0.348. The second kappa shape index (κ2) is 7.09. The molecule has 2 aromatic carbocycles. The summed E-state index contributed by atoms with van der Waals surface area (Å²) in [6.07, 6.45) is 1.88. The van der Waals surface area contributed by atoms with Crippen molar-refractivity contribution in [2.45, 2.75) is 31.2 Å². The van der Waals surface area contributed by atoms with Crippen LogP contribution in [-0.4, -0.2) is 47.6 Å². The Kier molecular flexibility index (Phi) is 4.21. The van der Waals surface area contributed by atoms with E-state index in [9.17, 15) is 9.59 Å². The van der Waals surface area contributed by atoms with Gasteiger partial charge in [0.2, 0.25) is 12.7 Å². The van der Waals surface area contributed by atoms with Crippen LogP contribution in [0.25, 0.3) is 11.1 Å². The lowest BCUT2D eigenvalue weighted by atomic mass is 9.95. The minimum absolute atomic E-state index is 0.151. The fourth-order valence-electron chi connectivity index (χ4n) is 4.72. The summed E-state index contributed by atoms with van der Waals surface area (Å²) < 4.78 is 16.6. The minimum atomic E-state index is -0.428. The van der Waals surface area contributed by atoms with Crippen molar-refractivity contribution >= 4 is 28.6 Å². The Hall–Kier alpha value is -3.39. The predicted molar refractivity (Wildman–Crippen MR) is 111 cm³/mol. The van der Waals surface area contributed by atoms with Gasteiger partial charge in [0.15, 0.2) is 23.0 Å². The van der Waals surface area contributed by atoms with E-state index in [0.717, 1.165) is 42.9 Å². The third-order valence-electron chi connectivity index (χ3n) is 6.37. The number of hydrogen-bond donors (Lipinski definition) is 0. The number of anilines is 1. The molecule has 0 saturated carbocycles. The molecule has 2 amide bonds. The Morgan fingerprint density at radius 3 is 2.61 bits per heavy atom. The van der Waals surface area contributed by atoms with Gasteiger partial charge in [-0.05, 0) is 50.2 Å².